The number of hydrogen-bond acceptors (Lipinski definition) is 6. The minimum atomic E-state index is -4.61. The van der Waals surface area contributed by atoms with Crippen molar-refractivity contribution in [3.05, 3.63) is 48.6 Å². The molecule has 0 aliphatic heterocycles. The van der Waals surface area contributed by atoms with Crippen molar-refractivity contribution in [3.63, 3.8) is 0 Å². The topological polar surface area (TPSA) is 108 Å². The van der Waals surface area contributed by atoms with Crippen molar-refractivity contribution >= 4 is 13.7 Å². The Kier molecular flexibility index (Phi) is 56.9. The number of amides is 1. The normalized spacial score (nSPS) is 14.0. The first-order chi connectivity index (χ1) is 37.0. The van der Waals surface area contributed by atoms with Gasteiger partial charge in [0, 0.05) is 6.42 Å². The monoisotopic (exact) mass is 1090 g/mol. The summed E-state index contributed by atoms with van der Waals surface area (Å²) in [6, 6.07) is -0.905. The fraction of sp³-hybridized carbons (Fsp3) is 0.866. The molecular weight excluding hydrogens is 960 g/mol. The SMILES string of the molecule is CCCCCCC/C=C\C/C=C\CCCCCCCCCCCCCCCCCCCC(=O)NC(COP(=O)([O-])OCC[N+](C)(C)C)C(O)/C=C/CC/C=C/CCCCCCCCCCCCCCCCCCCCC. The number of allylic oxidation sites excluding steroid dienone is 7. The highest BCUT2D eigenvalue weighted by molar-refractivity contribution is 7.45. The van der Waals surface area contributed by atoms with Crippen LogP contribution in [0.4, 0.5) is 0 Å². The van der Waals surface area contributed by atoms with Gasteiger partial charge < -0.3 is 28.8 Å². The molecule has 0 aliphatic rings. The zero-order valence-electron chi connectivity index (χ0n) is 51.2. The second-order valence-corrected chi connectivity index (χ2v) is 25.2. The smallest absolute Gasteiger partial charge is 0.268 e. The Morgan fingerprint density at radius 1 is 0.461 bits per heavy atom. The third-order valence-electron chi connectivity index (χ3n) is 15.0. The first kappa shape index (κ1) is 74.5. The maximum Gasteiger partial charge on any atom is 0.268 e. The number of hydrogen-bond donors (Lipinski definition) is 2. The van der Waals surface area contributed by atoms with Crippen molar-refractivity contribution in [2.45, 2.75) is 334 Å². The van der Waals surface area contributed by atoms with Crippen molar-refractivity contribution in [1.82, 2.24) is 5.32 Å². The molecule has 0 aliphatic carbocycles. The van der Waals surface area contributed by atoms with E-state index in [-0.39, 0.29) is 12.5 Å². The molecule has 1 amide bonds. The van der Waals surface area contributed by atoms with Gasteiger partial charge in [-0.3, -0.25) is 9.36 Å². The number of unbranched alkanes of at least 4 members (excludes halogenated alkanes) is 42. The molecule has 9 heteroatoms. The third-order valence-corrected chi connectivity index (χ3v) is 16.0. The van der Waals surface area contributed by atoms with Crippen LogP contribution in [0.2, 0.25) is 0 Å². The second-order valence-electron chi connectivity index (χ2n) is 23.8. The van der Waals surface area contributed by atoms with Crippen molar-refractivity contribution in [3.8, 4) is 0 Å². The molecule has 0 aromatic carbocycles. The van der Waals surface area contributed by atoms with Gasteiger partial charge in [-0.2, -0.15) is 0 Å². The molecule has 0 saturated carbocycles. The molecular formula is C67H129N2O6P. The Bertz CT molecular complexity index is 1380. The molecule has 0 fully saturated rings. The molecule has 0 spiro atoms. The molecule has 0 radical (unpaired) electrons. The average Bonchev–Trinajstić information content (AvgIpc) is 3.38. The van der Waals surface area contributed by atoms with Crippen LogP contribution in [-0.2, 0) is 18.4 Å². The quantitative estimate of drug-likeness (QED) is 0.0272. The van der Waals surface area contributed by atoms with Crippen LogP contribution in [0.5, 0.6) is 0 Å². The molecule has 2 N–H and O–H groups in total. The van der Waals surface area contributed by atoms with Crippen molar-refractivity contribution < 1.29 is 32.9 Å². The van der Waals surface area contributed by atoms with Crippen LogP contribution < -0.4 is 10.2 Å². The lowest BCUT2D eigenvalue weighted by Gasteiger charge is -2.29. The van der Waals surface area contributed by atoms with Crippen LogP contribution in [0.1, 0.15) is 322 Å². The van der Waals surface area contributed by atoms with Crippen LogP contribution >= 0.6 is 7.82 Å². The number of nitrogens with one attached hydrogen (secondary N) is 1. The molecule has 3 unspecified atom stereocenters. The van der Waals surface area contributed by atoms with Crippen LogP contribution in [0.25, 0.3) is 0 Å². The van der Waals surface area contributed by atoms with Gasteiger partial charge in [0.1, 0.15) is 13.2 Å². The first-order valence-electron chi connectivity index (χ1n) is 33.0. The molecule has 0 saturated heterocycles. The zero-order chi connectivity index (χ0) is 55.6. The van der Waals surface area contributed by atoms with E-state index in [1.165, 1.54) is 257 Å². The Balaban J connectivity index is 4.13. The van der Waals surface area contributed by atoms with E-state index < -0.39 is 26.6 Å². The number of carbonyl (C=O) groups is 1. The van der Waals surface area contributed by atoms with E-state index in [1.54, 1.807) is 6.08 Å². The van der Waals surface area contributed by atoms with Gasteiger partial charge in [0.05, 0.1) is 39.9 Å². The average molecular weight is 1090 g/mol. The Labute approximate surface area is 473 Å². The predicted octanol–water partition coefficient (Wildman–Crippen LogP) is 20.0. The van der Waals surface area contributed by atoms with Gasteiger partial charge in [-0.1, -0.05) is 300 Å². The number of nitrogens with zero attached hydrogens (tertiary/aromatic N) is 1. The largest absolute Gasteiger partial charge is 0.756 e. The maximum absolute atomic E-state index is 13.0. The summed E-state index contributed by atoms with van der Waals surface area (Å²) in [4.78, 5) is 25.6. The van der Waals surface area contributed by atoms with E-state index in [0.717, 1.165) is 44.9 Å². The van der Waals surface area contributed by atoms with Crippen molar-refractivity contribution in [2.24, 2.45) is 0 Å². The summed E-state index contributed by atoms with van der Waals surface area (Å²) < 4.78 is 23.4. The number of carbonyl (C=O) groups excluding carboxylic acids is 1. The summed E-state index contributed by atoms with van der Waals surface area (Å²) >= 11 is 0. The maximum atomic E-state index is 13.0. The van der Waals surface area contributed by atoms with Crippen LogP contribution in [0, 0.1) is 0 Å². The molecule has 0 aromatic rings. The zero-order valence-corrected chi connectivity index (χ0v) is 52.1. The van der Waals surface area contributed by atoms with Gasteiger partial charge in [0.25, 0.3) is 7.82 Å². The van der Waals surface area contributed by atoms with Gasteiger partial charge in [-0.25, -0.2) is 0 Å². The molecule has 76 heavy (non-hydrogen) atoms. The first-order valence-corrected chi connectivity index (χ1v) is 34.5. The fourth-order valence-corrected chi connectivity index (χ4v) is 10.6. The number of aliphatic hydroxyl groups is 1. The van der Waals surface area contributed by atoms with Crippen LogP contribution in [0.15, 0.2) is 48.6 Å². The lowest BCUT2D eigenvalue weighted by Crippen LogP contribution is -2.45. The fourth-order valence-electron chi connectivity index (χ4n) is 9.85. The van der Waals surface area contributed by atoms with Gasteiger partial charge in [0.2, 0.25) is 5.91 Å². The number of phosphoric ester groups is 1. The number of rotatable bonds is 61. The molecule has 0 bridgehead atoms. The molecule has 8 nitrogen and oxygen atoms in total. The number of phosphoric acid groups is 1. The molecule has 0 heterocycles. The minimum absolute atomic E-state index is 0.00570. The van der Waals surface area contributed by atoms with E-state index in [0.29, 0.717) is 17.4 Å². The number of aliphatic hydroxyl groups excluding tert-OH is 1. The van der Waals surface area contributed by atoms with E-state index in [9.17, 15) is 19.4 Å². The summed E-state index contributed by atoms with van der Waals surface area (Å²) in [5.74, 6) is -0.202. The molecule has 3 atom stereocenters. The second kappa shape index (κ2) is 58.1. The standard InChI is InChI=1S/C67H129N2O6P/c1-6-8-10-12-14-16-18-20-22-24-26-28-30-32-33-34-35-37-39-41-43-45-47-49-51-53-55-57-59-61-67(71)68-65(64-75-76(72,73)74-63-62-69(3,4)5)66(70)60-58-56-54-52-50-48-46-44-42-40-38-36-31-29-27-25-23-21-19-17-15-13-11-9-7-2/h18,20,24,26,50,52,58,60,65-66,70H,6-17,19,21-23,25,27-49,51,53-57,59,61-64H2,1-5H3,(H-,68,71,72,73)/b20-18-,26-24-,52-50+,60-58+. The third kappa shape index (κ3) is 60.1. The van der Waals surface area contributed by atoms with Crippen LogP contribution in [-0.4, -0.2) is 68.5 Å². The van der Waals surface area contributed by atoms with Crippen molar-refractivity contribution in [1.29, 1.82) is 0 Å². The Morgan fingerprint density at radius 2 is 0.776 bits per heavy atom. The van der Waals surface area contributed by atoms with Crippen molar-refractivity contribution in [2.75, 3.05) is 40.9 Å². The van der Waals surface area contributed by atoms with Gasteiger partial charge in [-0.05, 0) is 64.2 Å². The number of likely N-dealkylation sites (N-methyl/N-ethyl adjacent to an activating group) is 1. The lowest BCUT2D eigenvalue weighted by molar-refractivity contribution is -0.870. The summed E-state index contributed by atoms with van der Waals surface area (Å²) in [5, 5.41) is 13.9. The highest BCUT2D eigenvalue weighted by Gasteiger charge is 2.23. The summed E-state index contributed by atoms with van der Waals surface area (Å²) in [7, 11) is 1.25. The Morgan fingerprint density at radius 3 is 1.14 bits per heavy atom. The van der Waals surface area contributed by atoms with Gasteiger partial charge in [0.15, 0.2) is 0 Å². The number of quaternary nitrogens is 1. The van der Waals surface area contributed by atoms with Gasteiger partial charge >= 0.3 is 0 Å². The molecule has 448 valence electrons. The van der Waals surface area contributed by atoms with E-state index in [4.69, 9.17) is 9.05 Å². The summed E-state index contributed by atoms with van der Waals surface area (Å²) in [6.45, 7) is 4.66. The summed E-state index contributed by atoms with van der Waals surface area (Å²) in [5.41, 5.74) is 0. The predicted molar refractivity (Wildman–Crippen MR) is 330 cm³/mol. The van der Waals surface area contributed by atoms with E-state index in [2.05, 4.69) is 55.6 Å². The molecule has 0 rings (SSSR count). The van der Waals surface area contributed by atoms with Crippen LogP contribution in [0.3, 0.4) is 0 Å². The minimum Gasteiger partial charge on any atom is -0.756 e. The Hall–Kier alpha value is -1.54. The van der Waals surface area contributed by atoms with E-state index >= 15 is 0 Å². The molecule has 0 aromatic heterocycles. The van der Waals surface area contributed by atoms with Gasteiger partial charge in [-0.15, -0.1) is 0 Å². The summed E-state index contributed by atoms with van der Waals surface area (Å²) in [6.07, 6.45) is 77.9. The highest BCUT2D eigenvalue weighted by atomic mass is 31.2. The highest BCUT2D eigenvalue weighted by Crippen LogP contribution is 2.38. The van der Waals surface area contributed by atoms with E-state index in [1.807, 2.05) is 27.2 Å². The lowest BCUT2D eigenvalue weighted by atomic mass is 10.0.